The van der Waals surface area contributed by atoms with Crippen LogP contribution in [-0.2, 0) is 16.1 Å². The molecule has 1 aliphatic carbocycles. The Morgan fingerprint density at radius 3 is 2.57 bits per heavy atom. The lowest BCUT2D eigenvalue weighted by Gasteiger charge is -2.11. The van der Waals surface area contributed by atoms with Crippen molar-refractivity contribution >= 4 is 23.3 Å². The van der Waals surface area contributed by atoms with Crippen molar-refractivity contribution in [1.82, 2.24) is 15.0 Å². The second-order valence-corrected chi connectivity index (χ2v) is 5.88. The molecule has 2 amide bonds. The average molecular weight is 313 g/mol. The van der Waals surface area contributed by atoms with Crippen molar-refractivity contribution < 1.29 is 9.59 Å². The monoisotopic (exact) mass is 313 g/mol. The van der Waals surface area contributed by atoms with Gasteiger partial charge in [0.05, 0.1) is 6.20 Å². The van der Waals surface area contributed by atoms with E-state index in [4.69, 9.17) is 0 Å². The molecule has 1 saturated carbocycles. The zero-order valence-corrected chi connectivity index (χ0v) is 13.2. The number of aryl methyl sites for hydroxylation is 2. The zero-order valence-electron chi connectivity index (χ0n) is 13.2. The molecule has 1 aliphatic rings. The van der Waals surface area contributed by atoms with E-state index in [0.717, 1.165) is 29.7 Å². The second-order valence-electron chi connectivity index (χ2n) is 5.88. The molecular formula is C16H19N5O2. The fourth-order valence-electron chi connectivity index (χ4n) is 2.34. The molecule has 120 valence electrons. The van der Waals surface area contributed by atoms with Gasteiger partial charge in [-0.25, -0.2) is 4.68 Å². The minimum atomic E-state index is -0.188. The molecule has 2 N–H and O–H groups in total. The highest BCUT2D eigenvalue weighted by Gasteiger charge is 2.30. The first-order valence-electron chi connectivity index (χ1n) is 7.60. The molecule has 1 aromatic carbocycles. The molecule has 7 nitrogen and oxygen atoms in total. The lowest BCUT2D eigenvalue weighted by molar-refractivity contribution is -0.117. The maximum atomic E-state index is 12.1. The van der Waals surface area contributed by atoms with Crippen LogP contribution in [0.4, 0.5) is 11.5 Å². The number of nitrogens with one attached hydrogen (secondary N) is 2. The Bertz CT molecular complexity index is 728. The van der Waals surface area contributed by atoms with Gasteiger partial charge in [0, 0.05) is 11.6 Å². The van der Waals surface area contributed by atoms with Crippen LogP contribution in [0.2, 0.25) is 0 Å². The number of carbonyl (C=O) groups excluding carboxylic acids is 2. The Balaban J connectivity index is 1.59. The minimum absolute atomic E-state index is 0.0305. The maximum Gasteiger partial charge on any atom is 0.246 e. The number of hydrogen-bond acceptors (Lipinski definition) is 4. The van der Waals surface area contributed by atoms with Gasteiger partial charge in [0.15, 0.2) is 5.82 Å². The number of nitrogens with zero attached hydrogens (tertiary/aromatic N) is 3. The van der Waals surface area contributed by atoms with Crippen LogP contribution in [0.25, 0.3) is 0 Å². The highest BCUT2D eigenvalue weighted by Crippen LogP contribution is 2.29. The average Bonchev–Trinajstić information content (AvgIpc) is 3.26. The third kappa shape index (κ3) is 3.74. The second kappa shape index (κ2) is 6.20. The van der Waals surface area contributed by atoms with Gasteiger partial charge in [0.1, 0.15) is 6.54 Å². The molecule has 0 unspecified atom stereocenters. The van der Waals surface area contributed by atoms with Crippen LogP contribution in [0, 0.1) is 19.8 Å². The Morgan fingerprint density at radius 2 is 1.91 bits per heavy atom. The fourth-order valence-corrected chi connectivity index (χ4v) is 2.34. The Labute approximate surface area is 134 Å². The SMILES string of the molecule is Cc1cccc(C)c1NC(=O)Cn1cc(NC(=O)C2CC2)nn1. The number of para-hydroxylation sites is 1. The predicted molar refractivity (Wildman–Crippen MR) is 85.9 cm³/mol. The van der Waals surface area contributed by atoms with Crippen molar-refractivity contribution in [2.24, 2.45) is 5.92 Å². The standard InChI is InChI=1S/C16H19N5O2/c1-10-4-3-5-11(2)15(10)18-14(22)9-21-8-13(19-20-21)17-16(23)12-6-7-12/h3-5,8,12H,6-7,9H2,1-2H3,(H,17,23)(H,18,22). The van der Waals surface area contributed by atoms with E-state index in [2.05, 4.69) is 20.9 Å². The summed E-state index contributed by atoms with van der Waals surface area (Å²) in [6.45, 7) is 3.94. The summed E-state index contributed by atoms with van der Waals surface area (Å²) >= 11 is 0. The van der Waals surface area contributed by atoms with Gasteiger partial charge in [-0.05, 0) is 37.8 Å². The van der Waals surface area contributed by atoms with Crippen molar-refractivity contribution in [3.8, 4) is 0 Å². The van der Waals surface area contributed by atoms with E-state index >= 15 is 0 Å². The number of rotatable bonds is 5. The number of benzene rings is 1. The van der Waals surface area contributed by atoms with Gasteiger partial charge in [0.2, 0.25) is 11.8 Å². The molecule has 1 aromatic heterocycles. The van der Waals surface area contributed by atoms with Crippen LogP contribution >= 0.6 is 0 Å². The summed E-state index contributed by atoms with van der Waals surface area (Å²) in [5.74, 6) is 0.263. The molecule has 0 radical (unpaired) electrons. The largest absolute Gasteiger partial charge is 0.324 e. The van der Waals surface area contributed by atoms with Crippen molar-refractivity contribution in [2.75, 3.05) is 10.6 Å². The first-order valence-corrected chi connectivity index (χ1v) is 7.60. The Kier molecular flexibility index (Phi) is 4.10. The molecule has 0 aliphatic heterocycles. The van der Waals surface area contributed by atoms with Crippen LogP contribution in [0.3, 0.4) is 0 Å². The van der Waals surface area contributed by atoms with E-state index in [0.29, 0.717) is 5.82 Å². The molecular weight excluding hydrogens is 294 g/mol. The smallest absolute Gasteiger partial charge is 0.246 e. The van der Waals surface area contributed by atoms with Crippen molar-refractivity contribution in [1.29, 1.82) is 0 Å². The van der Waals surface area contributed by atoms with E-state index in [1.807, 2.05) is 32.0 Å². The van der Waals surface area contributed by atoms with Gasteiger partial charge < -0.3 is 10.6 Å². The third-order valence-electron chi connectivity index (χ3n) is 3.79. The number of anilines is 2. The van der Waals surface area contributed by atoms with Crippen molar-refractivity contribution in [3.05, 3.63) is 35.5 Å². The van der Waals surface area contributed by atoms with Crippen molar-refractivity contribution in [2.45, 2.75) is 33.2 Å². The van der Waals surface area contributed by atoms with Crippen LogP contribution in [0.1, 0.15) is 24.0 Å². The van der Waals surface area contributed by atoms with Crippen LogP contribution < -0.4 is 10.6 Å². The molecule has 0 saturated heterocycles. The molecule has 1 heterocycles. The van der Waals surface area contributed by atoms with Crippen LogP contribution in [0.15, 0.2) is 24.4 Å². The van der Waals surface area contributed by atoms with E-state index in [1.165, 1.54) is 4.68 Å². The Hall–Kier alpha value is -2.70. The highest BCUT2D eigenvalue weighted by atomic mass is 16.2. The Morgan fingerprint density at radius 1 is 1.22 bits per heavy atom. The number of aromatic nitrogens is 3. The van der Waals surface area contributed by atoms with Gasteiger partial charge >= 0.3 is 0 Å². The molecule has 2 aromatic rings. The van der Waals surface area contributed by atoms with Gasteiger partial charge in [-0.15, -0.1) is 5.10 Å². The van der Waals surface area contributed by atoms with Gasteiger partial charge in [-0.3, -0.25) is 9.59 Å². The van der Waals surface area contributed by atoms with Gasteiger partial charge in [-0.1, -0.05) is 23.4 Å². The summed E-state index contributed by atoms with van der Waals surface area (Å²) in [6.07, 6.45) is 3.42. The fraction of sp³-hybridized carbons (Fsp3) is 0.375. The van der Waals surface area contributed by atoms with Crippen LogP contribution in [-0.4, -0.2) is 26.8 Å². The summed E-state index contributed by atoms with van der Waals surface area (Å²) in [4.78, 5) is 23.8. The van der Waals surface area contributed by atoms with E-state index in [-0.39, 0.29) is 24.3 Å². The quantitative estimate of drug-likeness (QED) is 0.882. The first-order chi connectivity index (χ1) is 11.0. The van der Waals surface area contributed by atoms with Gasteiger partial charge in [0.25, 0.3) is 0 Å². The zero-order chi connectivity index (χ0) is 16.4. The lowest BCUT2D eigenvalue weighted by Crippen LogP contribution is -2.20. The molecule has 23 heavy (non-hydrogen) atoms. The number of amides is 2. The molecule has 1 fully saturated rings. The summed E-state index contributed by atoms with van der Waals surface area (Å²) in [5.41, 5.74) is 2.84. The van der Waals surface area contributed by atoms with E-state index in [1.54, 1.807) is 6.20 Å². The lowest BCUT2D eigenvalue weighted by atomic mass is 10.1. The van der Waals surface area contributed by atoms with E-state index in [9.17, 15) is 9.59 Å². The van der Waals surface area contributed by atoms with Crippen molar-refractivity contribution in [3.63, 3.8) is 0 Å². The topological polar surface area (TPSA) is 88.9 Å². The predicted octanol–water partition coefficient (Wildman–Crippen LogP) is 1.88. The number of hydrogen-bond donors (Lipinski definition) is 2. The molecule has 0 atom stereocenters. The summed E-state index contributed by atoms with van der Waals surface area (Å²) < 4.78 is 1.41. The first kappa shape index (κ1) is 15.2. The molecule has 7 heteroatoms. The third-order valence-corrected chi connectivity index (χ3v) is 3.79. The number of carbonyl (C=O) groups is 2. The van der Waals surface area contributed by atoms with Crippen LogP contribution in [0.5, 0.6) is 0 Å². The normalized spacial score (nSPS) is 13.7. The minimum Gasteiger partial charge on any atom is -0.324 e. The van der Waals surface area contributed by atoms with E-state index < -0.39 is 0 Å². The molecule has 3 rings (SSSR count). The molecule has 0 bridgehead atoms. The van der Waals surface area contributed by atoms with Gasteiger partial charge in [-0.2, -0.15) is 0 Å². The highest BCUT2D eigenvalue weighted by molar-refractivity contribution is 5.93. The summed E-state index contributed by atoms with van der Waals surface area (Å²) in [7, 11) is 0. The summed E-state index contributed by atoms with van der Waals surface area (Å²) in [5, 5.41) is 13.3. The molecule has 0 spiro atoms. The summed E-state index contributed by atoms with van der Waals surface area (Å²) in [6, 6.07) is 5.85. The maximum absolute atomic E-state index is 12.1.